The standard InChI is InChI=1S/C28H34ClN9O3/c29-22-24(31)35-23(30)21(34-22)25(39)36-26-33-17-28(37-26)10-13-38(14-11-28)27(40)32-12-9-18-7-4-8-20(15-18)41-16-19-5-2-1-3-6-19/h2,4-8,15H,1,3,9-14,16-17H2,(H,32,40)(H4,30,31,35)(H2,33,36,37,39). The highest BCUT2D eigenvalue weighted by atomic mass is 35.5. The van der Waals surface area contributed by atoms with Gasteiger partial charge in [0.15, 0.2) is 28.4 Å². The van der Waals surface area contributed by atoms with Crippen LogP contribution in [0.1, 0.15) is 41.7 Å². The summed E-state index contributed by atoms with van der Waals surface area (Å²) in [5, 5.41) is 8.90. The predicted octanol–water partition coefficient (Wildman–Crippen LogP) is 2.43. The van der Waals surface area contributed by atoms with Crippen molar-refractivity contribution in [2.75, 3.05) is 44.3 Å². The molecular formula is C28H34ClN9O3. The minimum absolute atomic E-state index is 0.0491. The van der Waals surface area contributed by atoms with Crippen molar-refractivity contribution in [3.05, 3.63) is 64.5 Å². The van der Waals surface area contributed by atoms with Gasteiger partial charge in [0, 0.05) is 19.6 Å². The Kier molecular flexibility index (Phi) is 8.58. The minimum atomic E-state index is -0.590. The topological polar surface area (TPSA) is 173 Å². The molecule has 1 spiro atoms. The normalized spacial score (nSPS) is 17.4. The zero-order valence-electron chi connectivity index (χ0n) is 22.7. The number of benzene rings is 1. The molecule has 13 heteroatoms. The number of aliphatic imine (C=N–C) groups is 1. The Labute approximate surface area is 243 Å². The van der Waals surface area contributed by atoms with Gasteiger partial charge in [0.2, 0.25) is 0 Å². The number of amides is 3. The number of guanidine groups is 1. The fourth-order valence-electron chi connectivity index (χ4n) is 4.99. The first-order valence-corrected chi connectivity index (χ1v) is 14.0. The fraction of sp³-hybridized carbons (Fsp3) is 0.393. The molecule has 12 nitrogen and oxygen atoms in total. The minimum Gasteiger partial charge on any atom is -0.489 e. The SMILES string of the molecule is Nc1nc(N)c(C(=O)NC2=NCC3(CCN(C(=O)NCCc4cccc(OCC5=CCCC=C5)c4)CC3)N2)nc1Cl. The number of nitrogens with zero attached hydrogens (tertiary/aromatic N) is 4. The second-order valence-corrected chi connectivity index (χ2v) is 10.7. The van der Waals surface area contributed by atoms with E-state index >= 15 is 0 Å². The van der Waals surface area contributed by atoms with Gasteiger partial charge in [-0.25, -0.2) is 14.8 Å². The Hall–Kier alpha value is -4.32. The Morgan fingerprint density at radius 2 is 1.98 bits per heavy atom. The second-order valence-electron chi connectivity index (χ2n) is 10.3. The van der Waals surface area contributed by atoms with Crippen molar-refractivity contribution in [1.82, 2.24) is 30.8 Å². The van der Waals surface area contributed by atoms with Gasteiger partial charge in [-0.3, -0.25) is 15.1 Å². The number of urea groups is 1. The second kappa shape index (κ2) is 12.5. The van der Waals surface area contributed by atoms with Crippen LogP contribution in [-0.4, -0.2) is 71.1 Å². The van der Waals surface area contributed by atoms with Crippen molar-refractivity contribution in [3.8, 4) is 5.75 Å². The largest absolute Gasteiger partial charge is 0.489 e. The summed E-state index contributed by atoms with van der Waals surface area (Å²) < 4.78 is 5.95. The number of hydrogen-bond acceptors (Lipinski definition) is 9. The maximum Gasteiger partial charge on any atom is 0.317 e. The summed E-state index contributed by atoms with van der Waals surface area (Å²) >= 11 is 5.88. The number of likely N-dealkylation sites (tertiary alicyclic amines) is 1. The van der Waals surface area contributed by atoms with Crippen LogP contribution in [0.4, 0.5) is 16.4 Å². The number of carbonyl (C=O) groups excluding carboxylic acids is 2. The van der Waals surface area contributed by atoms with E-state index in [4.69, 9.17) is 27.8 Å². The van der Waals surface area contributed by atoms with Crippen LogP contribution in [0.5, 0.6) is 5.75 Å². The third-order valence-electron chi connectivity index (χ3n) is 7.35. The molecule has 2 aromatic rings. The number of carbonyl (C=O) groups is 2. The number of hydrogen-bond donors (Lipinski definition) is 5. The summed E-state index contributed by atoms with van der Waals surface area (Å²) in [7, 11) is 0. The molecule has 1 aliphatic carbocycles. The molecule has 2 aliphatic heterocycles. The molecule has 3 heterocycles. The van der Waals surface area contributed by atoms with Gasteiger partial charge in [-0.1, -0.05) is 42.0 Å². The molecular weight excluding hydrogens is 546 g/mol. The van der Waals surface area contributed by atoms with Gasteiger partial charge >= 0.3 is 6.03 Å². The summed E-state index contributed by atoms with van der Waals surface area (Å²) in [5.41, 5.74) is 13.2. The first-order valence-electron chi connectivity index (χ1n) is 13.6. The number of nitrogens with one attached hydrogen (secondary N) is 3. The first-order chi connectivity index (χ1) is 19.8. The van der Waals surface area contributed by atoms with Crippen LogP contribution in [0.3, 0.4) is 0 Å². The van der Waals surface area contributed by atoms with Crippen molar-refractivity contribution in [2.24, 2.45) is 4.99 Å². The molecule has 3 aliphatic rings. The van der Waals surface area contributed by atoms with E-state index in [0.717, 1.165) is 24.2 Å². The lowest BCUT2D eigenvalue weighted by Gasteiger charge is -2.39. The van der Waals surface area contributed by atoms with Gasteiger partial charge in [0.25, 0.3) is 5.91 Å². The van der Waals surface area contributed by atoms with Crippen molar-refractivity contribution in [2.45, 2.75) is 37.6 Å². The molecule has 5 rings (SSSR count). The zero-order chi connectivity index (χ0) is 28.8. The van der Waals surface area contributed by atoms with E-state index in [1.54, 1.807) is 4.90 Å². The molecule has 0 saturated carbocycles. The van der Waals surface area contributed by atoms with E-state index in [-0.39, 0.29) is 34.1 Å². The maximum atomic E-state index is 12.8. The molecule has 41 heavy (non-hydrogen) atoms. The van der Waals surface area contributed by atoms with Crippen LogP contribution >= 0.6 is 11.6 Å². The Morgan fingerprint density at radius 1 is 1.15 bits per heavy atom. The summed E-state index contributed by atoms with van der Waals surface area (Å²) in [4.78, 5) is 39.4. The highest BCUT2D eigenvalue weighted by Crippen LogP contribution is 2.26. The van der Waals surface area contributed by atoms with E-state index in [2.05, 4.69) is 49.1 Å². The average molecular weight is 580 g/mol. The molecule has 1 fully saturated rings. The molecule has 1 aromatic heterocycles. The molecule has 0 bridgehead atoms. The molecule has 1 aromatic carbocycles. The van der Waals surface area contributed by atoms with Crippen LogP contribution < -0.4 is 32.2 Å². The third kappa shape index (κ3) is 7.07. The molecule has 1 saturated heterocycles. The van der Waals surface area contributed by atoms with Crippen molar-refractivity contribution in [3.63, 3.8) is 0 Å². The number of aromatic nitrogens is 2. The average Bonchev–Trinajstić information content (AvgIpc) is 3.36. The molecule has 0 unspecified atom stereocenters. The number of allylic oxidation sites excluding steroid dienone is 2. The van der Waals surface area contributed by atoms with Crippen LogP contribution in [-0.2, 0) is 6.42 Å². The summed E-state index contributed by atoms with van der Waals surface area (Å²) in [6.45, 7) is 2.69. The lowest BCUT2D eigenvalue weighted by Crippen LogP contribution is -2.58. The number of anilines is 2. The van der Waals surface area contributed by atoms with Crippen molar-refractivity contribution >= 4 is 41.1 Å². The van der Waals surface area contributed by atoms with Crippen molar-refractivity contribution in [1.29, 1.82) is 0 Å². The van der Waals surface area contributed by atoms with E-state index in [1.807, 2.05) is 24.3 Å². The number of ether oxygens (including phenoxy) is 1. The van der Waals surface area contributed by atoms with Gasteiger partial charge < -0.3 is 31.7 Å². The summed E-state index contributed by atoms with van der Waals surface area (Å²) in [6, 6.07) is 7.89. The van der Waals surface area contributed by atoms with Gasteiger partial charge in [-0.15, -0.1) is 0 Å². The first kappa shape index (κ1) is 28.2. The number of nitrogen functional groups attached to an aromatic ring is 2. The highest BCUT2D eigenvalue weighted by molar-refractivity contribution is 6.31. The number of piperidine rings is 1. The van der Waals surface area contributed by atoms with Crippen LogP contribution in [0.25, 0.3) is 0 Å². The Bertz CT molecular complexity index is 1400. The third-order valence-corrected chi connectivity index (χ3v) is 7.63. The Balaban J connectivity index is 1.03. The fourth-order valence-corrected chi connectivity index (χ4v) is 5.11. The zero-order valence-corrected chi connectivity index (χ0v) is 23.4. The smallest absolute Gasteiger partial charge is 0.317 e. The van der Waals surface area contributed by atoms with E-state index in [1.165, 1.54) is 5.57 Å². The van der Waals surface area contributed by atoms with Gasteiger partial charge in [0.1, 0.15) is 12.4 Å². The Morgan fingerprint density at radius 3 is 2.76 bits per heavy atom. The van der Waals surface area contributed by atoms with Crippen molar-refractivity contribution < 1.29 is 14.3 Å². The van der Waals surface area contributed by atoms with Crippen LogP contribution in [0, 0.1) is 0 Å². The van der Waals surface area contributed by atoms with Crippen LogP contribution in [0.15, 0.2) is 53.1 Å². The highest BCUT2D eigenvalue weighted by Gasteiger charge is 2.40. The van der Waals surface area contributed by atoms with E-state index in [9.17, 15) is 9.59 Å². The molecule has 7 N–H and O–H groups in total. The van der Waals surface area contributed by atoms with Gasteiger partial charge in [-0.2, -0.15) is 0 Å². The quantitative estimate of drug-likeness (QED) is 0.332. The number of rotatable bonds is 7. The lowest BCUT2D eigenvalue weighted by atomic mass is 9.88. The van der Waals surface area contributed by atoms with Crippen LogP contribution in [0.2, 0.25) is 5.15 Å². The molecule has 0 atom stereocenters. The van der Waals surface area contributed by atoms with E-state index < -0.39 is 5.91 Å². The van der Waals surface area contributed by atoms with Gasteiger partial charge in [-0.05, 0) is 55.4 Å². The van der Waals surface area contributed by atoms with Gasteiger partial charge in [0.05, 0.1) is 12.1 Å². The monoisotopic (exact) mass is 579 g/mol. The van der Waals surface area contributed by atoms with E-state index in [0.29, 0.717) is 58.0 Å². The number of halogens is 1. The molecule has 216 valence electrons. The summed E-state index contributed by atoms with van der Waals surface area (Å²) in [5.74, 6) is 0.383. The maximum absolute atomic E-state index is 12.8. The summed E-state index contributed by atoms with van der Waals surface area (Å²) in [6.07, 6.45) is 10.7. The predicted molar refractivity (Wildman–Crippen MR) is 158 cm³/mol. The lowest BCUT2D eigenvalue weighted by molar-refractivity contribution is 0.0971. The molecule has 3 amide bonds. The number of nitrogens with two attached hydrogens (primary N) is 2. The molecule has 0 radical (unpaired) electrons.